The molecule has 1 heterocycles. The zero-order valence-electron chi connectivity index (χ0n) is 11.3. The van der Waals surface area contributed by atoms with Crippen molar-refractivity contribution in [1.82, 2.24) is 5.32 Å². The van der Waals surface area contributed by atoms with Gasteiger partial charge in [-0.2, -0.15) is 0 Å². The summed E-state index contributed by atoms with van der Waals surface area (Å²) in [5, 5.41) is 17.7. The molecule has 7 heteroatoms. The highest BCUT2D eigenvalue weighted by Crippen LogP contribution is 2.27. The van der Waals surface area contributed by atoms with E-state index in [4.69, 9.17) is 16.3 Å². The molecule has 20 heavy (non-hydrogen) atoms. The second-order valence-electron chi connectivity index (χ2n) is 4.93. The first-order valence-corrected chi connectivity index (χ1v) is 6.95. The number of nitro groups is 1. The lowest BCUT2D eigenvalue weighted by Gasteiger charge is -2.27. The Morgan fingerprint density at radius 2 is 2.45 bits per heavy atom. The van der Waals surface area contributed by atoms with E-state index in [1.165, 1.54) is 12.1 Å². The van der Waals surface area contributed by atoms with Gasteiger partial charge >= 0.3 is 0 Å². The van der Waals surface area contributed by atoms with E-state index in [9.17, 15) is 10.1 Å². The van der Waals surface area contributed by atoms with Crippen LogP contribution < -0.4 is 10.6 Å². The third-order valence-corrected chi connectivity index (χ3v) is 3.51. The van der Waals surface area contributed by atoms with Gasteiger partial charge in [-0.1, -0.05) is 11.6 Å². The van der Waals surface area contributed by atoms with E-state index in [-0.39, 0.29) is 11.7 Å². The maximum Gasteiger partial charge on any atom is 0.271 e. The first-order valence-electron chi connectivity index (χ1n) is 6.58. The molecule has 2 N–H and O–H groups in total. The van der Waals surface area contributed by atoms with Gasteiger partial charge in [0.25, 0.3) is 5.69 Å². The fourth-order valence-electron chi connectivity index (χ4n) is 2.26. The Bertz CT molecular complexity index is 478. The molecule has 2 atom stereocenters. The van der Waals surface area contributed by atoms with Gasteiger partial charge in [-0.25, -0.2) is 0 Å². The molecule has 1 aromatic rings. The lowest BCUT2D eigenvalue weighted by molar-refractivity contribution is -0.384. The van der Waals surface area contributed by atoms with Gasteiger partial charge < -0.3 is 15.4 Å². The van der Waals surface area contributed by atoms with Crippen LogP contribution in [0, 0.1) is 10.1 Å². The van der Waals surface area contributed by atoms with Crippen molar-refractivity contribution < 1.29 is 9.66 Å². The topological polar surface area (TPSA) is 76.4 Å². The highest BCUT2D eigenvalue weighted by atomic mass is 35.5. The monoisotopic (exact) mass is 299 g/mol. The number of nitrogens with one attached hydrogen (secondary N) is 2. The number of anilines is 1. The minimum absolute atomic E-state index is 0.00412. The van der Waals surface area contributed by atoms with Crippen LogP contribution in [-0.4, -0.2) is 36.8 Å². The first-order chi connectivity index (χ1) is 9.56. The standard InChI is InChI=1S/C13H18ClN3O3/c1-9(6-10-8-20-5-4-15-10)16-13-3-2-11(17(18)19)7-12(13)14/h2-3,7,9-10,15-16H,4-6,8H2,1H3. The fraction of sp³-hybridized carbons (Fsp3) is 0.538. The van der Waals surface area contributed by atoms with Crippen LogP contribution in [0.15, 0.2) is 18.2 Å². The summed E-state index contributed by atoms with van der Waals surface area (Å²) in [7, 11) is 0. The summed E-state index contributed by atoms with van der Waals surface area (Å²) in [6, 6.07) is 4.96. The van der Waals surface area contributed by atoms with Crippen LogP contribution in [0.1, 0.15) is 13.3 Å². The summed E-state index contributed by atoms with van der Waals surface area (Å²) in [6.07, 6.45) is 0.896. The van der Waals surface area contributed by atoms with E-state index in [0.29, 0.717) is 23.4 Å². The average molecular weight is 300 g/mol. The number of hydrogen-bond donors (Lipinski definition) is 2. The average Bonchev–Trinajstić information content (AvgIpc) is 2.42. The van der Waals surface area contributed by atoms with Gasteiger partial charge in [0.05, 0.1) is 28.8 Å². The molecule has 1 saturated heterocycles. The number of rotatable bonds is 5. The molecule has 0 aliphatic carbocycles. The molecule has 1 aromatic carbocycles. The fourth-order valence-corrected chi connectivity index (χ4v) is 2.49. The maximum absolute atomic E-state index is 10.7. The summed E-state index contributed by atoms with van der Waals surface area (Å²) in [4.78, 5) is 10.2. The van der Waals surface area contributed by atoms with Crippen molar-refractivity contribution in [3.05, 3.63) is 33.3 Å². The third kappa shape index (κ3) is 4.06. The molecule has 0 saturated carbocycles. The van der Waals surface area contributed by atoms with Gasteiger partial charge in [-0.05, 0) is 19.4 Å². The summed E-state index contributed by atoms with van der Waals surface area (Å²) in [5.74, 6) is 0. The number of hydrogen-bond acceptors (Lipinski definition) is 5. The van der Waals surface area contributed by atoms with Crippen molar-refractivity contribution in [1.29, 1.82) is 0 Å². The zero-order valence-corrected chi connectivity index (χ0v) is 12.0. The Hall–Kier alpha value is -1.37. The number of halogens is 1. The first kappa shape index (κ1) is 15.0. The number of non-ortho nitro benzene ring substituents is 1. The van der Waals surface area contributed by atoms with Crippen LogP contribution in [0.25, 0.3) is 0 Å². The Morgan fingerprint density at radius 1 is 1.65 bits per heavy atom. The van der Waals surface area contributed by atoms with E-state index in [2.05, 4.69) is 10.6 Å². The normalized spacial score (nSPS) is 20.4. The largest absolute Gasteiger partial charge is 0.381 e. The highest BCUT2D eigenvalue weighted by molar-refractivity contribution is 6.33. The molecular formula is C13H18ClN3O3. The number of ether oxygens (including phenoxy) is 1. The van der Waals surface area contributed by atoms with Crippen molar-refractivity contribution in [2.75, 3.05) is 25.1 Å². The van der Waals surface area contributed by atoms with Gasteiger partial charge in [-0.15, -0.1) is 0 Å². The lowest BCUT2D eigenvalue weighted by atomic mass is 10.1. The van der Waals surface area contributed by atoms with Gasteiger partial charge in [0.2, 0.25) is 0 Å². The summed E-state index contributed by atoms with van der Waals surface area (Å²) in [6.45, 7) is 4.39. The van der Waals surface area contributed by atoms with Gasteiger partial charge in [-0.3, -0.25) is 10.1 Å². The number of nitrogens with zero attached hydrogens (tertiary/aromatic N) is 1. The Labute approximate surface area is 122 Å². The quantitative estimate of drug-likeness (QED) is 0.645. The molecule has 0 aromatic heterocycles. The minimum atomic E-state index is -0.456. The smallest absolute Gasteiger partial charge is 0.271 e. The molecule has 0 amide bonds. The molecule has 2 rings (SSSR count). The minimum Gasteiger partial charge on any atom is -0.381 e. The third-order valence-electron chi connectivity index (χ3n) is 3.20. The SMILES string of the molecule is CC(CC1COCCN1)Nc1ccc([N+](=O)[O-])cc1Cl. The Morgan fingerprint density at radius 3 is 3.05 bits per heavy atom. The van der Waals surface area contributed by atoms with Crippen molar-refractivity contribution in [2.24, 2.45) is 0 Å². The number of nitro benzene ring substituents is 1. The molecule has 6 nitrogen and oxygen atoms in total. The van der Waals surface area contributed by atoms with Gasteiger partial charge in [0, 0.05) is 30.8 Å². The van der Waals surface area contributed by atoms with Crippen molar-refractivity contribution in [3.8, 4) is 0 Å². The molecule has 1 aliphatic rings. The Kier molecular flexibility index (Phi) is 5.17. The van der Waals surface area contributed by atoms with Gasteiger partial charge in [0.1, 0.15) is 0 Å². The maximum atomic E-state index is 10.7. The molecule has 1 aliphatic heterocycles. The summed E-state index contributed by atoms with van der Waals surface area (Å²) < 4.78 is 5.41. The van der Waals surface area contributed by atoms with Crippen LogP contribution >= 0.6 is 11.6 Å². The second kappa shape index (κ2) is 6.88. The lowest BCUT2D eigenvalue weighted by Crippen LogP contribution is -2.43. The molecule has 2 unspecified atom stereocenters. The molecule has 0 bridgehead atoms. The van der Waals surface area contributed by atoms with E-state index in [1.54, 1.807) is 6.07 Å². The molecule has 110 valence electrons. The highest BCUT2D eigenvalue weighted by Gasteiger charge is 2.17. The van der Waals surface area contributed by atoms with Crippen LogP contribution in [0.4, 0.5) is 11.4 Å². The second-order valence-corrected chi connectivity index (χ2v) is 5.34. The van der Waals surface area contributed by atoms with Crippen LogP contribution in [-0.2, 0) is 4.74 Å². The predicted octanol–water partition coefficient (Wildman–Crippen LogP) is 2.43. The van der Waals surface area contributed by atoms with E-state index >= 15 is 0 Å². The predicted molar refractivity (Wildman–Crippen MR) is 78.4 cm³/mol. The molecule has 0 radical (unpaired) electrons. The van der Waals surface area contributed by atoms with E-state index < -0.39 is 4.92 Å². The number of morpholine rings is 1. The van der Waals surface area contributed by atoms with Crippen molar-refractivity contribution in [3.63, 3.8) is 0 Å². The van der Waals surface area contributed by atoms with E-state index in [1.807, 2.05) is 6.92 Å². The molecule has 0 spiro atoms. The van der Waals surface area contributed by atoms with E-state index in [0.717, 1.165) is 19.6 Å². The summed E-state index contributed by atoms with van der Waals surface area (Å²) in [5.41, 5.74) is 0.706. The van der Waals surface area contributed by atoms with Crippen LogP contribution in [0.2, 0.25) is 5.02 Å². The van der Waals surface area contributed by atoms with Crippen molar-refractivity contribution >= 4 is 23.0 Å². The Balaban J connectivity index is 1.93. The molecule has 1 fully saturated rings. The molecular weight excluding hydrogens is 282 g/mol. The number of benzene rings is 1. The van der Waals surface area contributed by atoms with Crippen molar-refractivity contribution in [2.45, 2.75) is 25.4 Å². The van der Waals surface area contributed by atoms with Gasteiger partial charge in [0.15, 0.2) is 0 Å². The van der Waals surface area contributed by atoms with Crippen LogP contribution in [0.5, 0.6) is 0 Å². The summed E-state index contributed by atoms with van der Waals surface area (Å²) >= 11 is 6.05. The van der Waals surface area contributed by atoms with Crippen LogP contribution in [0.3, 0.4) is 0 Å². The zero-order chi connectivity index (χ0) is 14.5.